The Bertz CT molecular complexity index is 209. The van der Waals surface area contributed by atoms with Crippen LogP contribution in [0.25, 0.3) is 0 Å². The van der Waals surface area contributed by atoms with E-state index in [0.717, 1.165) is 12.5 Å². The maximum absolute atomic E-state index is 6.18. The zero-order valence-corrected chi connectivity index (χ0v) is 12.3. The Hall–Kier alpha value is -0.0800. The number of piperidine rings is 1. The highest BCUT2D eigenvalue weighted by molar-refractivity contribution is 4.96. The molecule has 2 unspecified atom stereocenters. The van der Waals surface area contributed by atoms with Crippen LogP contribution in [0.4, 0.5) is 0 Å². The Labute approximate surface area is 108 Å². The van der Waals surface area contributed by atoms with E-state index in [2.05, 4.69) is 32.6 Å². The van der Waals surface area contributed by atoms with Gasteiger partial charge in [-0.1, -0.05) is 33.6 Å². The molecule has 2 heteroatoms. The van der Waals surface area contributed by atoms with Crippen molar-refractivity contribution in [3.05, 3.63) is 0 Å². The first-order chi connectivity index (χ1) is 8.11. The second kappa shape index (κ2) is 6.75. The van der Waals surface area contributed by atoms with Crippen molar-refractivity contribution in [3.8, 4) is 0 Å². The van der Waals surface area contributed by atoms with Crippen LogP contribution in [-0.4, -0.2) is 29.6 Å². The molecule has 17 heavy (non-hydrogen) atoms. The molecule has 0 spiro atoms. The summed E-state index contributed by atoms with van der Waals surface area (Å²) in [5, 5.41) is 0. The van der Waals surface area contributed by atoms with Gasteiger partial charge in [-0.25, -0.2) is 0 Å². The molecule has 1 aliphatic heterocycles. The van der Waals surface area contributed by atoms with Crippen LogP contribution < -0.4 is 5.73 Å². The van der Waals surface area contributed by atoms with Crippen LogP contribution in [0.15, 0.2) is 0 Å². The van der Waals surface area contributed by atoms with Gasteiger partial charge in [0, 0.05) is 18.1 Å². The van der Waals surface area contributed by atoms with E-state index < -0.39 is 0 Å². The van der Waals surface area contributed by atoms with Crippen molar-refractivity contribution in [2.45, 2.75) is 77.8 Å². The van der Waals surface area contributed by atoms with Crippen LogP contribution in [0.2, 0.25) is 0 Å². The van der Waals surface area contributed by atoms with Crippen LogP contribution >= 0.6 is 0 Å². The van der Waals surface area contributed by atoms with Gasteiger partial charge in [0.05, 0.1) is 0 Å². The zero-order valence-electron chi connectivity index (χ0n) is 12.3. The fourth-order valence-electron chi connectivity index (χ4n) is 3.67. The molecule has 0 radical (unpaired) electrons. The van der Waals surface area contributed by atoms with Crippen LogP contribution in [0.3, 0.4) is 0 Å². The lowest BCUT2D eigenvalue weighted by atomic mass is 9.81. The minimum atomic E-state index is 0.275. The lowest BCUT2D eigenvalue weighted by molar-refractivity contribution is -0.00710. The van der Waals surface area contributed by atoms with Crippen molar-refractivity contribution < 1.29 is 0 Å². The number of rotatable bonds is 6. The van der Waals surface area contributed by atoms with Crippen LogP contribution in [0, 0.1) is 5.92 Å². The van der Waals surface area contributed by atoms with Gasteiger partial charge in [-0.15, -0.1) is 0 Å². The molecule has 2 nitrogen and oxygen atoms in total. The summed E-state index contributed by atoms with van der Waals surface area (Å²) in [7, 11) is 0. The van der Waals surface area contributed by atoms with Crippen molar-refractivity contribution in [1.29, 1.82) is 0 Å². The molecule has 0 amide bonds. The maximum Gasteiger partial charge on any atom is 0.0334 e. The summed E-state index contributed by atoms with van der Waals surface area (Å²) in [6.07, 6.45) is 7.74. The summed E-state index contributed by atoms with van der Waals surface area (Å²) in [6.45, 7) is 11.5. The van der Waals surface area contributed by atoms with E-state index in [1.165, 1.54) is 45.1 Å². The van der Waals surface area contributed by atoms with Crippen molar-refractivity contribution >= 4 is 0 Å². The second-order valence-corrected chi connectivity index (χ2v) is 5.98. The summed E-state index contributed by atoms with van der Waals surface area (Å²) in [4.78, 5) is 2.74. The molecule has 1 saturated heterocycles. The van der Waals surface area contributed by atoms with E-state index in [-0.39, 0.29) is 5.54 Å². The van der Waals surface area contributed by atoms with Crippen molar-refractivity contribution in [1.82, 2.24) is 4.90 Å². The average molecular weight is 240 g/mol. The van der Waals surface area contributed by atoms with Crippen LogP contribution in [-0.2, 0) is 0 Å². The summed E-state index contributed by atoms with van der Waals surface area (Å²) in [6, 6.07) is 0.699. The quantitative estimate of drug-likeness (QED) is 0.771. The molecule has 0 aromatic heterocycles. The van der Waals surface area contributed by atoms with E-state index in [1.807, 2.05) is 0 Å². The lowest BCUT2D eigenvalue weighted by Crippen LogP contribution is -2.60. The molecule has 1 fully saturated rings. The van der Waals surface area contributed by atoms with Gasteiger partial charge in [0.25, 0.3) is 0 Å². The van der Waals surface area contributed by atoms with E-state index in [9.17, 15) is 0 Å². The summed E-state index contributed by atoms with van der Waals surface area (Å²) in [5.41, 5.74) is 6.45. The Balaban J connectivity index is 2.86. The normalized spacial score (nSPS) is 27.4. The first-order valence-electron chi connectivity index (χ1n) is 7.58. The van der Waals surface area contributed by atoms with E-state index in [1.54, 1.807) is 0 Å². The lowest BCUT2D eigenvalue weighted by Gasteiger charge is -2.51. The van der Waals surface area contributed by atoms with Gasteiger partial charge < -0.3 is 5.73 Å². The number of nitrogens with two attached hydrogens (primary N) is 1. The van der Waals surface area contributed by atoms with Gasteiger partial charge in [-0.2, -0.15) is 0 Å². The third-order valence-corrected chi connectivity index (χ3v) is 4.79. The van der Waals surface area contributed by atoms with Gasteiger partial charge in [0.2, 0.25) is 0 Å². The highest BCUT2D eigenvalue weighted by Crippen LogP contribution is 2.34. The molecule has 0 aromatic rings. The van der Waals surface area contributed by atoms with E-state index in [0.29, 0.717) is 6.04 Å². The largest absolute Gasteiger partial charge is 0.329 e. The van der Waals surface area contributed by atoms with Gasteiger partial charge in [0.15, 0.2) is 0 Å². The molecule has 102 valence electrons. The molecule has 2 N–H and O–H groups in total. The Morgan fingerprint density at radius 3 is 2.24 bits per heavy atom. The fraction of sp³-hybridized carbons (Fsp3) is 1.00. The SMILES string of the molecule is CCCC(CN)(CCC)N1CCCC(C)C1C. The summed E-state index contributed by atoms with van der Waals surface area (Å²) >= 11 is 0. The second-order valence-electron chi connectivity index (χ2n) is 5.98. The van der Waals surface area contributed by atoms with Gasteiger partial charge >= 0.3 is 0 Å². The molecular formula is C15H32N2. The smallest absolute Gasteiger partial charge is 0.0334 e. The molecule has 0 aromatic carbocycles. The first kappa shape index (κ1) is 15.0. The van der Waals surface area contributed by atoms with Crippen molar-refractivity contribution in [2.75, 3.05) is 13.1 Å². The minimum Gasteiger partial charge on any atom is -0.329 e. The van der Waals surface area contributed by atoms with Gasteiger partial charge in [-0.05, 0) is 45.1 Å². The van der Waals surface area contributed by atoms with Crippen LogP contribution in [0.1, 0.15) is 66.2 Å². The third kappa shape index (κ3) is 3.23. The molecular weight excluding hydrogens is 208 g/mol. The predicted octanol–water partition coefficient (Wildman–Crippen LogP) is 3.40. The topological polar surface area (TPSA) is 29.3 Å². The molecule has 0 bridgehead atoms. The van der Waals surface area contributed by atoms with E-state index >= 15 is 0 Å². The summed E-state index contributed by atoms with van der Waals surface area (Å²) in [5.74, 6) is 0.823. The molecule has 1 heterocycles. The highest BCUT2D eigenvalue weighted by atomic mass is 15.2. The number of hydrogen-bond donors (Lipinski definition) is 1. The zero-order chi connectivity index (χ0) is 12.9. The van der Waals surface area contributed by atoms with Gasteiger partial charge in [-0.3, -0.25) is 4.90 Å². The number of nitrogens with zero attached hydrogens (tertiary/aromatic N) is 1. The molecule has 1 rings (SSSR count). The Morgan fingerprint density at radius 2 is 1.76 bits per heavy atom. The maximum atomic E-state index is 6.18. The fourth-order valence-corrected chi connectivity index (χ4v) is 3.67. The standard InChI is InChI=1S/C15H32N2/c1-5-9-15(12-16,10-6-2)17-11-7-8-13(3)14(17)4/h13-14H,5-12,16H2,1-4H3. The van der Waals surface area contributed by atoms with Gasteiger partial charge in [0.1, 0.15) is 0 Å². The Kier molecular flexibility index (Phi) is 5.94. The molecule has 0 aliphatic carbocycles. The van der Waals surface area contributed by atoms with E-state index in [4.69, 9.17) is 5.73 Å². The predicted molar refractivity (Wildman–Crippen MR) is 76.2 cm³/mol. The average Bonchev–Trinajstić information content (AvgIpc) is 2.32. The highest BCUT2D eigenvalue weighted by Gasteiger charge is 2.39. The number of hydrogen-bond acceptors (Lipinski definition) is 2. The van der Waals surface area contributed by atoms with Crippen molar-refractivity contribution in [2.24, 2.45) is 11.7 Å². The monoisotopic (exact) mass is 240 g/mol. The first-order valence-corrected chi connectivity index (χ1v) is 7.58. The minimum absolute atomic E-state index is 0.275. The number of likely N-dealkylation sites (tertiary alicyclic amines) is 1. The molecule has 0 saturated carbocycles. The molecule has 2 atom stereocenters. The Morgan fingerprint density at radius 1 is 1.18 bits per heavy atom. The third-order valence-electron chi connectivity index (χ3n) is 4.79. The summed E-state index contributed by atoms with van der Waals surface area (Å²) < 4.78 is 0. The molecule has 1 aliphatic rings. The van der Waals surface area contributed by atoms with Crippen molar-refractivity contribution in [3.63, 3.8) is 0 Å². The van der Waals surface area contributed by atoms with Crippen LogP contribution in [0.5, 0.6) is 0 Å².